The molecular weight excluding hydrogens is 243 g/mol. The number of hydrogen-bond donors (Lipinski definition) is 2. The van der Waals surface area contributed by atoms with E-state index in [9.17, 15) is 0 Å². The molecule has 0 spiro atoms. The summed E-state index contributed by atoms with van der Waals surface area (Å²) in [6, 6.07) is 5.52. The predicted molar refractivity (Wildman–Crippen MR) is 55.8 cm³/mol. The first-order chi connectivity index (χ1) is 5.27. The van der Waals surface area contributed by atoms with Crippen LogP contribution in [0.4, 0.5) is 5.69 Å². The molecule has 0 bridgehead atoms. The minimum atomic E-state index is 0. The van der Waals surface area contributed by atoms with Crippen molar-refractivity contribution < 1.29 is 4.74 Å². The maximum Gasteiger partial charge on any atom is 0.133 e. The Balaban J connectivity index is 0.00000121. The molecule has 0 aliphatic heterocycles. The average molecular weight is 254 g/mol. The Morgan fingerprint density at radius 1 is 1.50 bits per heavy atom. The summed E-state index contributed by atoms with van der Waals surface area (Å²) >= 11 is 3.33. The van der Waals surface area contributed by atoms with Crippen LogP contribution in [0.5, 0.6) is 5.75 Å². The van der Waals surface area contributed by atoms with E-state index in [-0.39, 0.29) is 12.4 Å². The maximum atomic E-state index is 5.20. The molecule has 0 saturated heterocycles. The third kappa shape index (κ3) is 2.55. The Labute approximate surface area is 85.8 Å². The van der Waals surface area contributed by atoms with E-state index in [1.54, 1.807) is 7.11 Å². The Bertz CT molecular complexity index is 257. The van der Waals surface area contributed by atoms with Crippen LogP contribution in [0.25, 0.3) is 0 Å². The third-order valence-corrected chi connectivity index (χ3v) is 1.94. The van der Waals surface area contributed by atoms with Gasteiger partial charge in [-0.25, -0.2) is 0 Å². The molecule has 0 heterocycles. The normalized spacial score (nSPS) is 8.58. The molecule has 0 radical (unpaired) electrons. The minimum Gasteiger partial charge on any atom is -0.496 e. The molecule has 0 aliphatic rings. The molecule has 3 nitrogen and oxygen atoms in total. The van der Waals surface area contributed by atoms with Crippen molar-refractivity contribution in [3.8, 4) is 5.75 Å². The van der Waals surface area contributed by atoms with E-state index in [0.717, 1.165) is 15.9 Å². The van der Waals surface area contributed by atoms with E-state index >= 15 is 0 Å². The van der Waals surface area contributed by atoms with Crippen LogP contribution in [0, 0.1) is 0 Å². The smallest absolute Gasteiger partial charge is 0.133 e. The molecule has 0 atom stereocenters. The summed E-state index contributed by atoms with van der Waals surface area (Å²) in [6.45, 7) is 0. The Kier molecular flexibility index (Phi) is 5.04. The fourth-order valence-electron chi connectivity index (χ4n) is 0.756. The van der Waals surface area contributed by atoms with E-state index in [1.807, 2.05) is 18.2 Å². The first kappa shape index (κ1) is 11.5. The van der Waals surface area contributed by atoms with Crippen LogP contribution in [0.3, 0.4) is 0 Å². The first-order valence-corrected chi connectivity index (χ1v) is 3.87. The summed E-state index contributed by atoms with van der Waals surface area (Å²) < 4.78 is 5.91. The van der Waals surface area contributed by atoms with E-state index in [2.05, 4.69) is 21.4 Å². The van der Waals surface area contributed by atoms with Gasteiger partial charge in [-0.05, 0) is 34.1 Å². The van der Waals surface area contributed by atoms with Gasteiger partial charge in [-0.15, -0.1) is 12.4 Å². The van der Waals surface area contributed by atoms with Crippen molar-refractivity contribution in [2.45, 2.75) is 0 Å². The van der Waals surface area contributed by atoms with Crippen molar-refractivity contribution >= 4 is 34.0 Å². The highest BCUT2D eigenvalue weighted by Gasteiger charge is 1.98. The quantitative estimate of drug-likeness (QED) is 0.627. The second-order valence-electron chi connectivity index (χ2n) is 1.99. The van der Waals surface area contributed by atoms with E-state index < -0.39 is 0 Å². The molecule has 68 valence electrons. The molecule has 1 aromatic rings. The van der Waals surface area contributed by atoms with Crippen molar-refractivity contribution in [3.05, 3.63) is 22.7 Å². The highest BCUT2D eigenvalue weighted by molar-refractivity contribution is 9.10. The van der Waals surface area contributed by atoms with Crippen molar-refractivity contribution in [2.24, 2.45) is 5.84 Å². The zero-order valence-corrected chi connectivity index (χ0v) is 8.91. The van der Waals surface area contributed by atoms with Gasteiger partial charge in [0.15, 0.2) is 0 Å². The molecule has 3 N–H and O–H groups in total. The first-order valence-electron chi connectivity index (χ1n) is 3.08. The lowest BCUT2D eigenvalue weighted by Crippen LogP contribution is -2.06. The van der Waals surface area contributed by atoms with Crippen LogP contribution in [0.1, 0.15) is 0 Å². The number of nitrogen functional groups attached to an aromatic ring is 1. The summed E-state index contributed by atoms with van der Waals surface area (Å²) in [4.78, 5) is 0. The summed E-state index contributed by atoms with van der Waals surface area (Å²) in [7, 11) is 1.62. The van der Waals surface area contributed by atoms with Gasteiger partial charge in [-0.2, -0.15) is 0 Å². The van der Waals surface area contributed by atoms with Gasteiger partial charge in [0.25, 0.3) is 0 Å². The molecular formula is C7H10BrClN2O. The van der Waals surface area contributed by atoms with Gasteiger partial charge in [0, 0.05) is 5.69 Å². The number of nitrogens with one attached hydrogen (secondary N) is 1. The summed E-state index contributed by atoms with van der Waals surface area (Å²) in [5.41, 5.74) is 3.38. The fourth-order valence-corrected chi connectivity index (χ4v) is 1.30. The van der Waals surface area contributed by atoms with Gasteiger partial charge in [0.2, 0.25) is 0 Å². The van der Waals surface area contributed by atoms with Crippen LogP contribution >= 0.6 is 28.3 Å². The average Bonchev–Trinajstić information content (AvgIpc) is 2.04. The zero-order chi connectivity index (χ0) is 8.27. The van der Waals surface area contributed by atoms with Gasteiger partial charge in [0.05, 0.1) is 11.6 Å². The molecule has 0 unspecified atom stereocenters. The van der Waals surface area contributed by atoms with Gasteiger partial charge < -0.3 is 10.2 Å². The van der Waals surface area contributed by atoms with E-state index in [0.29, 0.717) is 0 Å². The van der Waals surface area contributed by atoms with E-state index in [1.165, 1.54) is 0 Å². The Hall–Kier alpha value is -0.450. The number of rotatable bonds is 2. The topological polar surface area (TPSA) is 47.3 Å². The molecule has 1 rings (SSSR count). The molecule has 12 heavy (non-hydrogen) atoms. The second kappa shape index (κ2) is 5.24. The van der Waals surface area contributed by atoms with E-state index in [4.69, 9.17) is 10.6 Å². The lowest BCUT2D eigenvalue weighted by molar-refractivity contribution is 0.412. The number of nitrogens with two attached hydrogens (primary N) is 1. The predicted octanol–water partition coefficient (Wildman–Crippen LogP) is 2.17. The second-order valence-corrected chi connectivity index (χ2v) is 2.85. The van der Waals surface area contributed by atoms with Crippen molar-refractivity contribution in [2.75, 3.05) is 12.5 Å². The number of hydrogen-bond acceptors (Lipinski definition) is 3. The number of anilines is 1. The van der Waals surface area contributed by atoms with Gasteiger partial charge in [-0.1, -0.05) is 0 Å². The van der Waals surface area contributed by atoms with Crippen LogP contribution in [-0.2, 0) is 0 Å². The maximum absolute atomic E-state index is 5.20. The number of ether oxygens (including phenoxy) is 1. The minimum absolute atomic E-state index is 0. The van der Waals surface area contributed by atoms with Crippen molar-refractivity contribution in [3.63, 3.8) is 0 Å². The molecule has 0 fully saturated rings. The molecule has 0 amide bonds. The van der Waals surface area contributed by atoms with Gasteiger partial charge in [-0.3, -0.25) is 5.84 Å². The monoisotopic (exact) mass is 252 g/mol. The molecule has 0 aromatic heterocycles. The highest BCUT2D eigenvalue weighted by atomic mass is 79.9. The van der Waals surface area contributed by atoms with Crippen LogP contribution in [-0.4, -0.2) is 7.11 Å². The Morgan fingerprint density at radius 2 is 2.17 bits per heavy atom. The Morgan fingerprint density at radius 3 is 2.58 bits per heavy atom. The summed E-state index contributed by atoms with van der Waals surface area (Å²) in [6.07, 6.45) is 0. The van der Waals surface area contributed by atoms with Gasteiger partial charge in [0.1, 0.15) is 5.75 Å². The van der Waals surface area contributed by atoms with Crippen LogP contribution in [0.15, 0.2) is 22.7 Å². The molecule has 5 heteroatoms. The largest absolute Gasteiger partial charge is 0.496 e. The lowest BCUT2D eigenvalue weighted by Gasteiger charge is -2.04. The van der Waals surface area contributed by atoms with Crippen molar-refractivity contribution in [1.82, 2.24) is 0 Å². The lowest BCUT2D eigenvalue weighted by atomic mass is 10.3. The molecule has 1 aromatic carbocycles. The van der Waals surface area contributed by atoms with Gasteiger partial charge >= 0.3 is 0 Å². The van der Waals surface area contributed by atoms with Crippen LogP contribution in [0.2, 0.25) is 0 Å². The number of methoxy groups -OCH3 is 1. The van der Waals surface area contributed by atoms with Crippen LogP contribution < -0.4 is 16.0 Å². The highest BCUT2D eigenvalue weighted by Crippen LogP contribution is 2.26. The van der Waals surface area contributed by atoms with Crippen molar-refractivity contribution in [1.29, 1.82) is 0 Å². The standard InChI is InChI=1S/C7H9BrN2O.ClH/c1-11-7-3-2-5(10-9)4-6(7)8;/h2-4,10H,9H2,1H3;1H. The fraction of sp³-hybridized carbons (Fsp3) is 0.143. The number of hydrazine groups is 1. The molecule has 0 aliphatic carbocycles. The number of halogens is 2. The third-order valence-electron chi connectivity index (χ3n) is 1.32. The number of benzene rings is 1. The molecule has 0 saturated carbocycles. The summed E-state index contributed by atoms with van der Waals surface area (Å²) in [5.74, 6) is 5.99. The SMILES string of the molecule is COc1ccc(NN)cc1Br.Cl. The summed E-state index contributed by atoms with van der Waals surface area (Å²) in [5, 5.41) is 0. The zero-order valence-electron chi connectivity index (χ0n) is 6.50.